The summed E-state index contributed by atoms with van der Waals surface area (Å²) in [7, 11) is 3.47. The third kappa shape index (κ3) is 4.01. The SMILES string of the molecule is COc1ccc(C(C)N(C)C(=O)Cc2ccc(Cl)cc2)cc1. The van der Waals surface area contributed by atoms with Crippen molar-refractivity contribution < 1.29 is 9.53 Å². The van der Waals surface area contributed by atoms with Crippen LogP contribution in [0.4, 0.5) is 0 Å². The van der Waals surface area contributed by atoms with Crippen LogP contribution in [0.3, 0.4) is 0 Å². The summed E-state index contributed by atoms with van der Waals surface area (Å²) in [5.41, 5.74) is 2.04. The quantitative estimate of drug-likeness (QED) is 0.830. The Kier molecular flexibility index (Phi) is 5.45. The van der Waals surface area contributed by atoms with Gasteiger partial charge in [0.05, 0.1) is 19.6 Å². The average molecular weight is 318 g/mol. The molecule has 0 saturated carbocycles. The smallest absolute Gasteiger partial charge is 0.227 e. The molecule has 0 saturated heterocycles. The maximum atomic E-state index is 12.4. The van der Waals surface area contributed by atoms with Crippen molar-refractivity contribution in [1.29, 1.82) is 0 Å². The molecule has 22 heavy (non-hydrogen) atoms. The van der Waals surface area contributed by atoms with E-state index < -0.39 is 0 Å². The van der Waals surface area contributed by atoms with Gasteiger partial charge in [-0.3, -0.25) is 4.79 Å². The van der Waals surface area contributed by atoms with Gasteiger partial charge in [-0.25, -0.2) is 0 Å². The van der Waals surface area contributed by atoms with Crippen molar-refractivity contribution in [3.63, 3.8) is 0 Å². The van der Waals surface area contributed by atoms with Gasteiger partial charge in [-0.2, -0.15) is 0 Å². The Balaban J connectivity index is 2.03. The van der Waals surface area contributed by atoms with Crippen LogP contribution in [-0.4, -0.2) is 25.0 Å². The van der Waals surface area contributed by atoms with Crippen LogP contribution in [-0.2, 0) is 11.2 Å². The zero-order valence-electron chi connectivity index (χ0n) is 13.0. The topological polar surface area (TPSA) is 29.5 Å². The molecule has 0 heterocycles. The summed E-state index contributed by atoms with van der Waals surface area (Å²) in [5.74, 6) is 0.886. The fraction of sp³-hybridized carbons (Fsp3) is 0.278. The summed E-state index contributed by atoms with van der Waals surface area (Å²) in [4.78, 5) is 14.2. The van der Waals surface area contributed by atoms with Crippen LogP contribution in [0.25, 0.3) is 0 Å². The van der Waals surface area contributed by atoms with Crippen molar-refractivity contribution >= 4 is 17.5 Å². The van der Waals surface area contributed by atoms with Gasteiger partial charge in [0.25, 0.3) is 0 Å². The van der Waals surface area contributed by atoms with Crippen LogP contribution in [0.1, 0.15) is 24.1 Å². The standard InChI is InChI=1S/C18H20ClNO2/c1-13(15-6-10-17(22-3)11-7-15)20(2)18(21)12-14-4-8-16(19)9-5-14/h4-11,13H,12H2,1-3H3. The van der Waals surface area contributed by atoms with Crippen molar-refractivity contribution in [2.75, 3.05) is 14.2 Å². The second-order valence-corrected chi connectivity index (χ2v) is 5.69. The molecule has 3 nitrogen and oxygen atoms in total. The number of methoxy groups -OCH3 is 1. The molecule has 116 valence electrons. The third-order valence-corrected chi connectivity index (χ3v) is 4.09. The van der Waals surface area contributed by atoms with Gasteiger partial charge in [0.2, 0.25) is 5.91 Å². The minimum Gasteiger partial charge on any atom is -0.497 e. The van der Waals surface area contributed by atoms with Gasteiger partial charge < -0.3 is 9.64 Å². The molecule has 2 aromatic rings. The molecule has 1 atom stereocenters. The predicted molar refractivity (Wildman–Crippen MR) is 89.3 cm³/mol. The molecule has 0 N–H and O–H groups in total. The molecular weight excluding hydrogens is 298 g/mol. The van der Waals surface area contributed by atoms with Crippen LogP contribution < -0.4 is 4.74 Å². The lowest BCUT2D eigenvalue weighted by molar-refractivity contribution is -0.131. The predicted octanol–water partition coefficient (Wildman–Crippen LogP) is 4.11. The first-order chi connectivity index (χ1) is 10.5. The second kappa shape index (κ2) is 7.32. The van der Waals surface area contributed by atoms with E-state index >= 15 is 0 Å². The van der Waals surface area contributed by atoms with Crippen molar-refractivity contribution in [3.8, 4) is 5.75 Å². The lowest BCUT2D eigenvalue weighted by atomic mass is 10.1. The van der Waals surface area contributed by atoms with E-state index in [1.165, 1.54) is 0 Å². The Labute approximate surface area is 136 Å². The lowest BCUT2D eigenvalue weighted by Gasteiger charge is -2.25. The molecule has 0 spiro atoms. The molecule has 0 aromatic heterocycles. The molecule has 2 aromatic carbocycles. The van der Waals surface area contributed by atoms with Crippen molar-refractivity contribution in [2.24, 2.45) is 0 Å². The number of hydrogen-bond acceptors (Lipinski definition) is 2. The highest BCUT2D eigenvalue weighted by Crippen LogP contribution is 2.22. The fourth-order valence-electron chi connectivity index (χ4n) is 2.22. The first kappa shape index (κ1) is 16.4. The van der Waals surface area contributed by atoms with E-state index in [9.17, 15) is 4.79 Å². The largest absolute Gasteiger partial charge is 0.497 e. The van der Waals surface area contributed by atoms with Gasteiger partial charge in [-0.1, -0.05) is 35.9 Å². The lowest BCUT2D eigenvalue weighted by Crippen LogP contribution is -2.30. The van der Waals surface area contributed by atoms with Crippen LogP contribution in [0.5, 0.6) is 5.75 Å². The van der Waals surface area contributed by atoms with E-state index in [-0.39, 0.29) is 11.9 Å². The number of halogens is 1. The van der Waals surface area contributed by atoms with Gasteiger partial charge in [-0.05, 0) is 42.3 Å². The first-order valence-corrected chi connectivity index (χ1v) is 7.53. The number of carbonyl (C=O) groups excluding carboxylic acids is 1. The number of carbonyl (C=O) groups is 1. The number of likely N-dealkylation sites (N-methyl/N-ethyl adjacent to an activating group) is 1. The van der Waals surface area contributed by atoms with Crippen molar-refractivity contribution in [1.82, 2.24) is 4.90 Å². The molecular formula is C18H20ClNO2. The van der Waals surface area contributed by atoms with Crippen LogP contribution in [0.15, 0.2) is 48.5 Å². The number of amides is 1. The Morgan fingerprint density at radius 3 is 2.27 bits per heavy atom. The Hall–Kier alpha value is -2.00. The molecule has 0 fully saturated rings. The highest BCUT2D eigenvalue weighted by Gasteiger charge is 2.17. The number of ether oxygens (including phenoxy) is 1. The van der Waals surface area contributed by atoms with Crippen LogP contribution in [0.2, 0.25) is 5.02 Å². The normalized spacial score (nSPS) is 11.8. The summed E-state index contributed by atoms with van der Waals surface area (Å²) in [5, 5.41) is 0.677. The van der Waals surface area contributed by atoms with Crippen molar-refractivity contribution in [2.45, 2.75) is 19.4 Å². The van der Waals surface area contributed by atoms with Gasteiger partial charge in [0.1, 0.15) is 5.75 Å². The van der Waals surface area contributed by atoms with Gasteiger partial charge in [0.15, 0.2) is 0 Å². The average Bonchev–Trinajstić information content (AvgIpc) is 2.55. The molecule has 0 aliphatic carbocycles. The molecule has 1 amide bonds. The molecule has 4 heteroatoms. The molecule has 0 radical (unpaired) electrons. The summed E-state index contributed by atoms with van der Waals surface area (Å²) < 4.78 is 5.15. The Bertz CT molecular complexity index is 623. The summed E-state index contributed by atoms with van der Waals surface area (Å²) >= 11 is 5.86. The molecule has 0 bridgehead atoms. The van der Waals surface area contributed by atoms with E-state index in [0.717, 1.165) is 16.9 Å². The van der Waals surface area contributed by atoms with E-state index in [4.69, 9.17) is 16.3 Å². The minimum absolute atomic E-state index is 0.00528. The molecule has 1 unspecified atom stereocenters. The Morgan fingerprint density at radius 2 is 1.73 bits per heavy atom. The second-order valence-electron chi connectivity index (χ2n) is 5.26. The summed E-state index contributed by atoms with van der Waals surface area (Å²) in [6, 6.07) is 15.1. The number of benzene rings is 2. The number of hydrogen-bond donors (Lipinski definition) is 0. The van der Waals surface area contributed by atoms with E-state index in [2.05, 4.69) is 0 Å². The number of nitrogens with zero attached hydrogens (tertiary/aromatic N) is 1. The van der Waals surface area contributed by atoms with Gasteiger partial charge in [0, 0.05) is 12.1 Å². The Morgan fingerprint density at radius 1 is 1.14 bits per heavy atom. The number of rotatable bonds is 5. The third-order valence-electron chi connectivity index (χ3n) is 3.84. The van der Waals surface area contributed by atoms with Crippen LogP contribution in [0, 0.1) is 0 Å². The highest BCUT2D eigenvalue weighted by atomic mass is 35.5. The first-order valence-electron chi connectivity index (χ1n) is 7.15. The maximum Gasteiger partial charge on any atom is 0.227 e. The maximum absolute atomic E-state index is 12.4. The summed E-state index contributed by atoms with van der Waals surface area (Å²) in [6.07, 6.45) is 0.369. The van der Waals surface area contributed by atoms with Crippen LogP contribution >= 0.6 is 11.6 Å². The summed E-state index contributed by atoms with van der Waals surface area (Å²) in [6.45, 7) is 2.02. The minimum atomic E-state index is 0.00528. The van der Waals surface area contributed by atoms with E-state index in [0.29, 0.717) is 11.4 Å². The highest BCUT2D eigenvalue weighted by molar-refractivity contribution is 6.30. The van der Waals surface area contributed by atoms with Gasteiger partial charge in [-0.15, -0.1) is 0 Å². The van der Waals surface area contributed by atoms with E-state index in [1.807, 2.05) is 50.4 Å². The zero-order chi connectivity index (χ0) is 16.1. The molecule has 0 aliphatic rings. The molecule has 2 rings (SSSR count). The van der Waals surface area contributed by atoms with Gasteiger partial charge >= 0.3 is 0 Å². The molecule has 0 aliphatic heterocycles. The monoisotopic (exact) mass is 317 g/mol. The zero-order valence-corrected chi connectivity index (χ0v) is 13.8. The fourth-order valence-corrected chi connectivity index (χ4v) is 2.35. The van der Waals surface area contributed by atoms with Crippen molar-refractivity contribution in [3.05, 3.63) is 64.7 Å². The van der Waals surface area contributed by atoms with E-state index in [1.54, 1.807) is 24.1 Å².